The lowest BCUT2D eigenvalue weighted by Crippen LogP contribution is -2.67. The van der Waals surface area contributed by atoms with Crippen molar-refractivity contribution >= 4 is 21.9 Å². The fraction of sp³-hybridized carbons (Fsp3) is 0.579. The summed E-state index contributed by atoms with van der Waals surface area (Å²) in [5.74, 6) is 7.63. The van der Waals surface area contributed by atoms with Gasteiger partial charge < -0.3 is 8.83 Å². The van der Waals surface area contributed by atoms with Crippen molar-refractivity contribution in [2.75, 3.05) is 19.6 Å². The van der Waals surface area contributed by atoms with Crippen LogP contribution in [0.4, 0.5) is 0 Å². The maximum absolute atomic E-state index is 6.85. The quantitative estimate of drug-likeness (QED) is 0.254. The van der Waals surface area contributed by atoms with Crippen molar-refractivity contribution in [1.29, 1.82) is 0 Å². The van der Waals surface area contributed by atoms with E-state index >= 15 is 0 Å². The molecule has 2 aromatic carbocycles. The number of hydrogen-bond donors (Lipinski definition) is 0. The normalized spacial score (nSPS) is 41.5. The van der Waals surface area contributed by atoms with E-state index < -0.39 is 0 Å². The lowest BCUT2D eigenvalue weighted by Gasteiger charge is -2.62. The number of hydrogen-bond acceptors (Lipinski definition) is 4. The van der Waals surface area contributed by atoms with Crippen LogP contribution in [0.3, 0.4) is 0 Å². The summed E-state index contributed by atoms with van der Waals surface area (Å²) in [5.41, 5.74) is 5.31. The van der Waals surface area contributed by atoms with Crippen LogP contribution < -0.4 is 0 Å². The molecule has 0 amide bonds. The van der Waals surface area contributed by atoms with Crippen molar-refractivity contribution in [2.24, 2.45) is 29.6 Å². The molecule has 218 valence electrons. The van der Waals surface area contributed by atoms with Gasteiger partial charge in [-0.3, -0.25) is 9.80 Å². The van der Waals surface area contributed by atoms with Crippen molar-refractivity contribution in [3.05, 3.63) is 71.2 Å². The minimum absolute atomic E-state index is 0.542. The molecule has 12 rings (SSSR count). The highest BCUT2D eigenvalue weighted by Gasteiger charge is 2.60. The molecule has 4 heteroatoms. The number of benzene rings is 2. The number of fused-ring (bicyclic) bond motifs is 8. The first-order valence-electron chi connectivity index (χ1n) is 17.2. The van der Waals surface area contributed by atoms with Gasteiger partial charge in [-0.2, -0.15) is 0 Å². The SMILES string of the molecule is CCC1CC2CC3c4oc5ccccc5c4CC(C4C5CC6c7oc8ccccc8c7CCN(C5)C6C4CC)N(C2)C13. The van der Waals surface area contributed by atoms with Crippen LogP contribution >= 0.6 is 0 Å². The Morgan fingerprint density at radius 1 is 0.762 bits per heavy atom. The van der Waals surface area contributed by atoms with Crippen LogP contribution in [0.25, 0.3) is 21.9 Å². The molecule has 2 aromatic heterocycles. The molecule has 12 unspecified atom stereocenters. The standard InChI is InChI=1S/C38H44N2O2/c1-3-22-15-21-16-29-35(22)40(19-21)31(18-28-26-10-6-8-12-33(26)42-38(28)29)34-23-17-30-36(24(34)4-2)39(20-23)14-13-27-25-9-5-7-11-32(25)41-37(27)30/h5-12,21-24,29-31,34-36H,3-4,13-20H2,1-2H3. The van der Waals surface area contributed by atoms with Crippen LogP contribution in [-0.2, 0) is 12.8 Å². The molecule has 4 saturated heterocycles. The van der Waals surface area contributed by atoms with Crippen LogP contribution in [0, 0.1) is 29.6 Å². The van der Waals surface area contributed by atoms with Gasteiger partial charge in [0.2, 0.25) is 0 Å². The molecule has 2 aliphatic carbocycles. The first-order valence-corrected chi connectivity index (χ1v) is 17.2. The van der Waals surface area contributed by atoms with Gasteiger partial charge in [-0.05, 0) is 73.8 Å². The van der Waals surface area contributed by atoms with Crippen molar-refractivity contribution in [3.8, 4) is 0 Å². The Labute approximate surface area is 249 Å². The number of nitrogens with zero attached hydrogens (tertiary/aromatic N) is 2. The maximum Gasteiger partial charge on any atom is 0.134 e. The van der Waals surface area contributed by atoms with Crippen LogP contribution in [0.1, 0.15) is 80.4 Å². The zero-order chi connectivity index (χ0) is 27.7. The van der Waals surface area contributed by atoms with Crippen LogP contribution in [-0.4, -0.2) is 47.6 Å². The van der Waals surface area contributed by atoms with E-state index in [0.29, 0.717) is 35.9 Å². The third kappa shape index (κ3) is 3.21. The van der Waals surface area contributed by atoms with Crippen molar-refractivity contribution in [2.45, 2.75) is 88.8 Å². The minimum atomic E-state index is 0.542. The second kappa shape index (κ2) is 8.99. The second-order valence-corrected chi connectivity index (χ2v) is 14.9. The second-order valence-electron chi connectivity index (χ2n) is 14.9. The molecule has 6 aliphatic heterocycles. The van der Waals surface area contributed by atoms with E-state index in [9.17, 15) is 0 Å². The monoisotopic (exact) mass is 560 g/mol. The van der Waals surface area contributed by atoms with Gasteiger partial charge in [0.05, 0.1) is 0 Å². The molecular weight excluding hydrogens is 516 g/mol. The summed E-state index contributed by atoms with van der Waals surface area (Å²) >= 11 is 0. The number of para-hydroxylation sites is 2. The minimum Gasteiger partial charge on any atom is -0.460 e. The van der Waals surface area contributed by atoms with E-state index in [1.807, 2.05) is 0 Å². The van der Waals surface area contributed by atoms with Crippen molar-refractivity contribution in [1.82, 2.24) is 9.80 Å². The van der Waals surface area contributed by atoms with Crippen molar-refractivity contribution < 1.29 is 8.83 Å². The van der Waals surface area contributed by atoms with E-state index in [1.54, 1.807) is 5.56 Å². The van der Waals surface area contributed by atoms with Crippen LogP contribution in [0.2, 0.25) is 0 Å². The fourth-order valence-corrected chi connectivity index (χ4v) is 12.1. The fourth-order valence-electron chi connectivity index (χ4n) is 12.1. The highest BCUT2D eigenvalue weighted by molar-refractivity contribution is 5.83. The summed E-state index contributed by atoms with van der Waals surface area (Å²) < 4.78 is 13.6. The van der Waals surface area contributed by atoms with Gasteiger partial charge >= 0.3 is 0 Å². The predicted octanol–water partition coefficient (Wildman–Crippen LogP) is 7.99. The Hall–Kier alpha value is -2.56. The largest absolute Gasteiger partial charge is 0.460 e. The summed E-state index contributed by atoms with van der Waals surface area (Å²) in [5, 5.41) is 2.76. The Morgan fingerprint density at radius 3 is 2.24 bits per heavy atom. The molecule has 0 N–H and O–H groups in total. The molecule has 4 nitrogen and oxygen atoms in total. The summed E-state index contributed by atoms with van der Waals surface area (Å²) in [6.45, 7) is 8.74. The molecule has 42 heavy (non-hydrogen) atoms. The van der Waals surface area contributed by atoms with Gasteiger partial charge in [0.25, 0.3) is 0 Å². The number of piperidine rings is 4. The summed E-state index contributed by atoms with van der Waals surface area (Å²) in [7, 11) is 0. The molecule has 0 spiro atoms. The number of furan rings is 2. The van der Waals surface area contributed by atoms with E-state index in [1.165, 1.54) is 86.0 Å². The molecule has 8 aliphatic rings. The highest BCUT2D eigenvalue weighted by Crippen LogP contribution is 2.59. The first kappa shape index (κ1) is 24.8. The van der Waals surface area contributed by atoms with Gasteiger partial charge in [0, 0.05) is 71.5 Å². The Kier molecular flexibility index (Phi) is 5.31. The van der Waals surface area contributed by atoms with Crippen molar-refractivity contribution in [3.63, 3.8) is 0 Å². The topological polar surface area (TPSA) is 32.8 Å². The summed E-state index contributed by atoms with van der Waals surface area (Å²) in [4.78, 5) is 6.03. The molecule has 2 saturated carbocycles. The van der Waals surface area contributed by atoms with E-state index in [2.05, 4.69) is 72.2 Å². The van der Waals surface area contributed by atoms with Crippen LogP contribution in [0.15, 0.2) is 57.4 Å². The molecule has 8 bridgehead atoms. The molecule has 4 aromatic rings. The summed E-state index contributed by atoms with van der Waals surface area (Å²) in [6.07, 6.45) is 8.93. The Bertz CT molecular complexity index is 1680. The van der Waals surface area contributed by atoms with Gasteiger partial charge in [0.1, 0.15) is 22.7 Å². The molecule has 12 atom stereocenters. The lowest BCUT2D eigenvalue weighted by molar-refractivity contribution is -0.124. The van der Waals surface area contributed by atoms with E-state index in [4.69, 9.17) is 8.83 Å². The Balaban J connectivity index is 1.10. The zero-order valence-electron chi connectivity index (χ0n) is 25.2. The zero-order valence-corrected chi connectivity index (χ0v) is 25.2. The average molecular weight is 561 g/mol. The van der Waals surface area contributed by atoms with Crippen LogP contribution in [0.5, 0.6) is 0 Å². The highest BCUT2D eigenvalue weighted by atomic mass is 16.3. The van der Waals surface area contributed by atoms with Gasteiger partial charge in [-0.1, -0.05) is 63.1 Å². The third-order valence-electron chi connectivity index (χ3n) is 13.4. The lowest BCUT2D eigenvalue weighted by atomic mass is 9.56. The van der Waals surface area contributed by atoms with E-state index in [0.717, 1.165) is 41.3 Å². The molecular formula is C38H44N2O2. The summed E-state index contributed by atoms with van der Waals surface area (Å²) in [6, 6.07) is 19.6. The van der Waals surface area contributed by atoms with Gasteiger partial charge in [-0.25, -0.2) is 0 Å². The third-order valence-corrected chi connectivity index (χ3v) is 13.4. The maximum atomic E-state index is 6.85. The average Bonchev–Trinajstić information content (AvgIpc) is 3.54. The van der Waals surface area contributed by atoms with E-state index in [-0.39, 0.29) is 0 Å². The molecule has 8 heterocycles. The smallest absolute Gasteiger partial charge is 0.134 e. The first-order chi connectivity index (χ1) is 20.7. The number of rotatable bonds is 3. The Morgan fingerprint density at radius 2 is 1.48 bits per heavy atom. The van der Waals surface area contributed by atoms with Gasteiger partial charge in [-0.15, -0.1) is 0 Å². The molecule has 6 fully saturated rings. The predicted molar refractivity (Wildman–Crippen MR) is 167 cm³/mol. The van der Waals surface area contributed by atoms with Gasteiger partial charge in [0.15, 0.2) is 0 Å². The molecule has 0 radical (unpaired) electrons.